The van der Waals surface area contributed by atoms with Gasteiger partial charge in [0.2, 0.25) is 0 Å². The maximum atomic E-state index is 12.1. The van der Waals surface area contributed by atoms with Crippen LogP contribution in [-0.4, -0.2) is 16.9 Å². The smallest absolute Gasteiger partial charge is 0.274 e. The van der Waals surface area contributed by atoms with Crippen molar-refractivity contribution in [2.75, 3.05) is 10.6 Å². The van der Waals surface area contributed by atoms with Crippen LogP contribution in [0.1, 0.15) is 24.3 Å². The fraction of sp³-hybridized carbons (Fsp3) is 0.200. The van der Waals surface area contributed by atoms with Crippen molar-refractivity contribution in [3.05, 3.63) is 54.4 Å². The first-order valence-corrected chi connectivity index (χ1v) is 6.24. The molecule has 0 fully saturated rings. The first-order valence-electron chi connectivity index (χ1n) is 6.24. The summed E-state index contributed by atoms with van der Waals surface area (Å²) < 4.78 is 0. The minimum absolute atomic E-state index is 0.210. The minimum atomic E-state index is -0.210. The van der Waals surface area contributed by atoms with E-state index in [1.165, 1.54) is 0 Å². The summed E-state index contributed by atoms with van der Waals surface area (Å²) in [5.41, 5.74) is 2.05. The van der Waals surface area contributed by atoms with E-state index in [9.17, 15) is 4.79 Å². The average Bonchev–Trinajstić information content (AvgIpc) is 2.39. The van der Waals surface area contributed by atoms with Gasteiger partial charge in [-0.3, -0.25) is 9.78 Å². The Morgan fingerprint density at radius 2 is 1.84 bits per heavy atom. The van der Waals surface area contributed by atoms with Crippen LogP contribution in [0.3, 0.4) is 0 Å². The Bertz CT molecular complexity index is 552. The lowest BCUT2D eigenvalue weighted by Gasteiger charge is -2.10. The molecule has 1 heterocycles. The third-order valence-electron chi connectivity index (χ3n) is 2.48. The van der Waals surface area contributed by atoms with Crippen LogP contribution >= 0.6 is 0 Å². The largest absolute Gasteiger partial charge is 0.383 e. The van der Waals surface area contributed by atoms with E-state index >= 15 is 0 Å². The van der Waals surface area contributed by atoms with Crippen molar-refractivity contribution >= 4 is 17.3 Å². The van der Waals surface area contributed by atoms with Crippen molar-refractivity contribution in [1.82, 2.24) is 4.98 Å². The average molecular weight is 255 g/mol. The van der Waals surface area contributed by atoms with Crippen LogP contribution in [0.15, 0.2) is 48.7 Å². The summed E-state index contributed by atoms with van der Waals surface area (Å²) in [7, 11) is 0. The Morgan fingerprint density at radius 1 is 1.11 bits per heavy atom. The summed E-state index contributed by atoms with van der Waals surface area (Å²) in [6.07, 6.45) is 1.63. The number of para-hydroxylation sites is 1. The maximum absolute atomic E-state index is 12.1. The third kappa shape index (κ3) is 3.81. The molecule has 0 atom stereocenters. The maximum Gasteiger partial charge on any atom is 0.274 e. The predicted octanol–water partition coefficient (Wildman–Crippen LogP) is 3.15. The van der Waals surface area contributed by atoms with Crippen molar-refractivity contribution < 1.29 is 4.79 Å². The molecule has 2 rings (SSSR count). The molecule has 0 saturated heterocycles. The molecule has 0 aliphatic heterocycles. The highest BCUT2D eigenvalue weighted by atomic mass is 16.1. The number of nitrogens with zero attached hydrogens (tertiary/aromatic N) is 1. The number of carbonyl (C=O) groups excluding carboxylic acids is 1. The van der Waals surface area contributed by atoms with Crippen molar-refractivity contribution in [3.8, 4) is 0 Å². The molecular weight excluding hydrogens is 238 g/mol. The van der Waals surface area contributed by atoms with E-state index in [0.717, 1.165) is 11.4 Å². The Hall–Kier alpha value is -2.36. The molecule has 0 radical (unpaired) electrons. The van der Waals surface area contributed by atoms with Crippen LogP contribution < -0.4 is 10.6 Å². The van der Waals surface area contributed by atoms with E-state index in [-0.39, 0.29) is 5.91 Å². The second-order valence-corrected chi connectivity index (χ2v) is 4.55. The van der Waals surface area contributed by atoms with Gasteiger partial charge in [-0.05, 0) is 38.1 Å². The first-order chi connectivity index (χ1) is 9.15. The highest BCUT2D eigenvalue weighted by molar-refractivity contribution is 6.03. The minimum Gasteiger partial charge on any atom is -0.383 e. The van der Waals surface area contributed by atoms with Gasteiger partial charge in [0, 0.05) is 23.6 Å². The lowest BCUT2D eigenvalue weighted by atomic mass is 10.2. The molecular formula is C15H17N3O. The monoisotopic (exact) mass is 255 g/mol. The lowest BCUT2D eigenvalue weighted by molar-refractivity contribution is 0.102. The van der Waals surface area contributed by atoms with Crippen molar-refractivity contribution in [2.45, 2.75) is 19.9 Å². The van der Waals surface area contributed by atoms with Gasteiger partial charge >= 0.3 is 0 Å². The normalized spacial score (nSPS) is 10.3. The molecule has 2 N–H and O–H groups in total. The number of benzene rings is 1. The number of hydrogen-bond acceptors (Lipinski definition) is 3. The quantitative estimate of drug-likeness (QED) is 0.882. The summed E-state index contributed by atoms with van der Waals surface area (Å²) in [6, 6.07) is 13.2. The van der Waals surface area contributed by atoms with Gasteiger partial charge in [0.25, 0.3) is 5.91 Å². The van der Waals surface area contributed by atoms with Crippen molar-refractivity contribution in [1.29, 1.82) is 0 Å². The highest BCUT2D eigenvalue weighted by Gasteiger charge is 2.08. The number of pyridine rings is 1. The number of amides is 1. The van der Waals surface area contributed by atoms with E-state index < -0.39 is 0 Å². The Labute approximate surface area is 112 Å². The van der Waals surface area contributed by atoms with Crippen LogP contribution in [0.4, 0.5) is 11.4 Å². The third-order valence-corrected chi connectivity index (χ3v) is 2.48. The SMILES string of the molecule is CC(C)Nc1ccnc(C(=O)Nc2ccccc2)c1. The zero-order valence-electron chi connectivity index (χ0n) is 11.1. The van der Waals surface area contributed by atoms with Crippen LogP contribution in [0.5, 0.6) is 0 Å². The fourth-order valence-electron chi connectivity index (χ4n) is 1.69. The number of nitrogens with one attached hydrogen (secondary N) is 2. The lowest BCUT2D eigenvalue weighted by Crippen LogP contribution is -2.15. The molecule has 0 spiro atoms. The van der Waals surface area contributed by atoms with E-state index in [1.54, 1.807) is 12.3 Å². The van der Waals surface area contributed by atoms with E-state index in [2.05, 4.69) is 15.6 Å². The molecule has 0 bridgehead atoms. The van der Waals surface area contributed by atoms with Crippen LogP contribution in [-0.2, 0) is 0 Å². The Balaban J connectivity index is 2.11. The molecule has 2 aromatic rings. The highest BCUT2D eigenvalue weighted by Crippen LogP contribution is 2.12. The number of hydrogen-bond donors (Lipinski definition) is 2. The number of aromatic nitrogens is 1. The fourth-order valence-corrected chi connectivity index (χ4v) is 1.69. The molecule has 1 aromatic heterocycles. The van der Waals surface area contributed by atoms with E-state index in [1.807, 2.05) is 50.2 Å². The Morgan fingerprint density at radius 3 is 2.53 bits per heavy atom. The second-order valence-electron chi connectivity index (χ2n) is 4.55. The van der Waals surface area contributed by atoms with Gasteiger partial charge < -0.3 is 10.6 Å². The van der Waals surface area contributed by atoms with Crippen molar-refractivity contribution in [3.63, 3.8) is 0 Å². The zero-order chi connectivity index (χ0) is 13.7. The van der Waals surface area contributed by atoms with Crippen LogP contribution in [0, 0.1) is 0 Å². The number of carbonyl (C=O) groups is 1. The number of anilines is 2. The molecule has 0 saturated carbocycles. The summed E-state index contributed by atoms with van der Waals surface area (Å²) in [5.74, 6) is -0.210. The second kappa shape index (κ2) is 6.00. The molecule has 1 amide bonds. The van der Waals surface area contributed by atoms with Gasteiger partial charge in [-0.1, -0.05) is 18.2 Å². The van der Waals surface area contributed by atoms with Crippen molar-refractivity contribution in [2.24, 2.45) is 0 Å². The molecule has 0 aliphatic carbocycles. The van der Waals surface area contributed by atoms with Crippen LogP contribution in [0.2, 0.25) is 0 Å². The zero-order valence-corrected chi connectivity index (χ0v) is 11.1. The summed E-state index contributed by atoms with van der Waals surface area (Å²) in [6.45, 7) is 4.09. The van der Waals surface area contributed by atoms with Crippen LogP contribution in [0.25, 0.3) is 0 Å². The molecule has 4 heteroatoms. The predicted molar refractivity (Wildman–Crippen MR) is 77.4 cm³/mol. The molecule has 19 heavy (non-hydrogen) atoms. The van der Waals surface area contributed by atoms with Gasteiger partial charge in [0.05, 0.1) is 0 Å². The van der Waals surface area contributed by atoms with Gasteiger partial charge in [-0.2, -0.15) is 0 Å². The summed E-state index contributed by atoms with van der Waals surface area (Å²) in [4.78, 5) is 16.1. The summed E-state index contributed by atoms with van der Waals surface area (Å²) >= 11 is 0. The Kier molecular flexibility index (Phi) is 4.13. The molecule has 4 nitrogen and oxygen atoms in total. The first kappa shape index (κ1) is 13.1. The summed E-state index contributed by atoms with van der Waals surface area (Å²) in [5, 5.41) is 6.05. The van der Waals surface area contributed by atoms with Gasteiger partial charge in [0.1, 0.15) is 5.69 Å². The molecule has 98 valence electrons. The molecule has 1 aromatic carbocycles. The standard InChI is InChI=1S/C15H17N3O/c1-11(2)17-13-8-9-16-14(10-13)15(19)18-12-6-4-3-5-7-12/h3-11H,1-2H3,(H,16,17)(H,18,19). The molecule has 0 unspecified atom stereocenters. The molecule has 0 aliphatic rings. The van der Waals surface area contributed by atoms with Gasteiger partial charge in [-0.15, -0.1) is 0 Å². The van der Waals surface area contributed by atoms with E-state index in [0.29, 0.717) is 11.7 Å². The topological polar surface area (TPSA) is 54.0 Å². The van der Waals surface area contributed by atoms with E-state index in [4.69, 9.17) is 0 Å². The number of rotatable bonds is 4. The van der Waals surface area contributed by atoms with Gasteiger partial charge in [0.15, 0.2) is 0 Å². The van der Waals surface area contributed by atoms with Gasteiger partial charge in [-0.25, -0.2) is 0 Å².